The van der Waals surface area contributed by atoms with Gasteiger partial charge >= 0.3 is 0 Å². The number of nitrogens with zero attached hydrogens (tertiary/aromatic N) is 1. The van der Waals surface area contributed by atoms with Crippen molar-refractivity contribution in [2.24, 2.45) is 5.92 Å². The van der Waals surface area contributed by atoms with Crippen LogP contribution in [-0.2, 0) is 6.42 Å². The molecule has 0 aromatic heterocycles. The lowest BCUT2D eigenvalue weighted by atomic mass is 9.75. The highest BCUT2D eigenvalue weighted by atomic mass is 35.5. The monoisotopic (exact) mass is 297 g/mol. The topological polar surface area (TPSA) is 21.7 Å². The number of rotatable bonds is 2. The summed E-state index contributed by atoms with van der Waals surface area (Å²) in [5, 5.41) is 0. The third-order valence-electron chi connectivity index (χ3n) is 4.78. The smallest absolute Gasteiger partial charge is 0.164 e. The van der Waals surface area contributed by atoms with E-state index in [0.29, 0.717) is 5.92 Å². The number of fused-ring (bicyclic) bond motifs is 3. The van der Waals surface area contributed by atoms with Gasteiger partial charge in [-0.25, -0.2) is 0 Å². The molecule has 1 aromatic carbocycles. The van der Waals surface area contributed by atoms with E-state index >= 15 is 0 Å². The predicted octanol–water partition coefficient (Wildman–Crippen LogP) is 3.03. The van der Waals surface area contributed by atoms with Gasteiger partial charge in [-0.1, -0.05) is 0 Å². The molecular formula is C16H24ClNO2. The first-order valence-corrected chi connectivity index (χ1v) is 7.08. The summed E-state index contributed by atoms with van der Waals surface area (Å²) in [7, 11) is 5.70. The number of benzene rings is 1. The SMILES string of the molecule is COc1cc(C)c2c(c1OC)CCC1CN(C)CC21.Cl. The summed E-state index contributed by atoms with van der Waals surface area (Å²) in [6, 6.07) is 2.14. The Morgan fingerprint density at radius 3 is 2.60 bits per heavy atom. The molecule has 0 radical (unpaired) electrons. The van der Waals surface area contributed by atoms with Crippen molar-refractivity contribution >= 4 is 12.4 Å². The number of aryl methyl sites for hydroxylation is 1. The molecule has 0 saturated carbocycles. The number of likely N-dealkylation sites (N-methyl/N-ethyl adjacent to an activating group) is 1. The van der Waals surface area contributed by atoms with Crippen molar-refractivity contribution in [3.05, 3.63) is 22.8 Å². The fraction of sp³-hybridized carbons (Fsp3) is 0.625. The Balaban J connectivity index is 0.00000147. The van der Waals surface area contributed by atoms with Crippen LogP contribution in [0.4, 0.5) is 0 Å². The first kappa shape index (κ1) is 15.5. The molecule has 1 fully saturated rings. The maximum absolute atomic E-state index is 5.63. The fourth-order valence-corrected chi connectivity index (χ4v) is 4.02. The lowest BCUT2D eigenvalue weighted by Crippen LogP contribution is -2.21. The molecule has 1 saturated heterocycles. The molecule has 4 heteroatoms. The molecule has 0 spiro atoms. The van der Waals surface area contributed by atoms with Crippen molar-refractivity contribution in [2.45, 2.75) is 25.7 Å². The second-order valence-corrected chi connectivity index (χ2v) is 5.95. The fourth-order valence-electron chi connectivity index (χ4n) is 4.02. The zero-order chi connectivity index (χ0) is 13.6. The Labute approximate surface area is 127 Å². The Hall–Kier alpha value is -0.930. The summed E-state index contributed by atoms with van der Waals surface area (Å²) in [6.45, 7) is 4.62. The highest BCUT2D eigenvalue weighted by molar-refractivity contribution is 5.85. The van der Waals surface area contributed by atoms with Gasteiger partial charge in [0.25, 0.3) is 0 Å². The van der Waals surface area contributed by atoms with Crippen molar-refractivity contribution in [1.29, 1.82) is 0 Å². The third-order valence-corrected chi connectivity index (χ3v) is 4.78. The molecule has 2 unspecified atom stereocenters. The van der Waals surface area contributed by atoms with Gasteiger partial charge in [0.05, 0.1) is 14.2 Å². The predicted molar refractivity (Wildman–Crippen MR) is 83.6 cm³/mol. The molecule has 0 amide bonds. The van der Waals surface area contributed by atoms with Crippen LogP contribution in [0, 0.1) is 12.8 Å². The number of methoxy groups -OCH3 is 2. The molecular weight excluding hydrogens is 274 g/mol. The lowest BCUT2D eigenvalue weighted by Gasteiger charge is -2.31. The summed E-state index contributed by atoms with van der Waals surface area (Å²) in [4.78, 5) is 2.46. The number of likely N-dealkylation sites (tertiary alicyclic amines) is 1. The van der Waals surface area contributed by atoms with Crippen LogP contribution in [0.3, 0.4) is 0 Å². The zero-order valence-electron chi connectivity index (χ0n) is 12.7. The molecule has 0 bridgehead atoms. The van der Waals surface area contributed by atoms with Crippen LogP contribution in [0.25, 0.3) is 0 Å². The second kappa shape index (κ2) is 5.82. The zero-order valence-corrected chi connectivity index (χ0v) is 13.5. The lowest BCUT2D eigenvalue weighted by molar-refractivity contribution is 0.343. The van der Waals surface area contributed by atoms with Gasteiger partial charge in [-0.05, 0) is 49.9 Å². The molecule has 2 aliphatic rings. The van der Waals surface area contributed by atoms with Crippen LogP contribution in [0.5, 0.6) is 11.5 Å². The Morgan fingerprint density at radius 2 is 1.95 bits per heavy atom. The highest BCUT2D eigenvalue weighted by Gasteiger charge is 2.38. The molecule has 1 heterocycles. The number of ether oxygens (including phenoxy) is 2. The van der Waals surface area contributed by atoms with Gasteiger partial charge in [-0.15, -0.1) is 12.4 Å². The second-order valence-electron chi connectivity index (χ2n) is 5.95. The molecule has 1 aromatic rings. The minimum atomic E-state index is 0. The number of hydrogen-bond donors (Lipinski definition) is 0. The van der Waals surface area contributed by atoms with Crippen LogP contribution in [0.15, 0.2) is 6.07 Å². The minimum Gasteiger partial charge on any atom is -0.493 e. The Kier molecular flexibility index (Phi) is 4.50. The van der Waals surface area contributed by atoms with Crippen molar-refractivity contribution in [3.63, 3.8) is 0 Å². The van der Waals surface area contributed by atoms with E-state index < -0.39 is 0 Å². The quantitative estimate of drug-likeness (QED) is 0.837. The van der Waals surface area contributed by atoms with E-state index in [2.05, 4.69) is 24.9 Å². The van der Waals surface area contributed by atoms with Crippen molar-refractivity contribution in [2.75, 3.05) is 34.4 Å². The average molecular weight is 298 g/mol. The van der Waals surface area contributed by atoms with Crippen LogP contribution in [0.2, 0.25) is 0 Å². The standard InChI is InChI=1S/C16H23NO2.ClH/c1-10-7-14(18-3)16(19-4)12-6-5-11-8-17(2)9-13(11)15(10)12;/h7,11,13H,5-6,8-9H2,1-4H3;1H. The van der Waals surface area contributed by atoms with Gasteiger partial charge in [-0.3, -0.25) is 0 Å². The largest absolute Gasteiger partial charge is 0.493 e. The average Bonchev–Trinajstić information content (AvgIpc) is 2.78. The first-order valence-electron chi connectivity index (χ1n) is 7.08. The maximum atomic E-state index is 5.63. The van der Waals surface area contributed by atoms with E-state index in [-0.39, 0.29) is 12.4 Å². The summed E-state index contributed by atoms with van der Waals surface area (Å²) >= 11 is 0. The van der Waals surface area contributed by atoms with E-state index in [1.165, 1.54) is 36.2 Å². The van der Waals surface area contributed by atoms with Gasteiger partial charge in [0.1, 0.15) is 0 Å². The summed E-state index contributed by atoms with van der Waals surface area (Å²) < 4.78 is 11.1. The normalized spacial score (nSPS) is 24.6. The summed E-state index contributed by atoms with van der Waals surface area (Å²) in [5.74, 6) is 3.32. The molecule has 3 nitrogen and oxygen atoms in total. The summed E-state index contributed by atoms with van der Waals surface area (Å²) in [5.41, 5.74) is 4.27. The van der Waals surface area contributed by atoms with E-state index in [9.17, 15) is 0 Å². The maximum Gasteiger partial charge on any atom is 0.164 e. The van der Waals surface area contributed by atoms with Crippen LogP contribution < -0.4 is 9.47 Å². The van der Waals surface area contributed by atoms with Crippen LogP contribution in [-0.4, -0.2) is 39.3 Å². The van der Waals surface area contributed by atoms with Gasteiger partial charge in [0.15, 0.2) is 11.5 Å². The first-order chi connectivity index (χ1) is 9.15. The van der Waals surface area contributed by atoms with E-state index in [4.69, 9.17) is 9.47 Å². The van der Waals surface area contributed by atoms with Gasteiger partial charge in [0.2, 0.25) is 0 Å². The van der Waals surface area contributed by atoms with Gasteiger partial charge in [0, 0.05) is 24.6 Å². The summed E-state index contributed by atoms with van der Waals surface area (Å²) in [6.07, 6.45) is 2.39. The van der Waals surface area contributed by atoms with Gasteiger partial charge < -0.3 is 14.4 Å². The van der Waals surface area contributed by atoms with Crippen LogP contribution >= 0.6 is 12.4 Å². The number of hydrogen-bond acceptors (Lipinski definition) is 3. The van der Waals surface area contributed by atoms with E-state index in [1.54, 1.807) is 14.2 Å². The molecule has 1 aliphatic heterocycles. The molecule has 0 N–H and O–H groups in total. The Morgan fingerprint density at radius 1 is 1.20 bits per heavy atom. The van der Waals surface area contributed by atoms with E-state index in [0.717, 1.165) is 23.8 Å². The van der Waals surface area contributed by atoms with Gasteiger partial charge in [-0.2, -0.15) is 0 Å². The van der Waals surface area contributed by atoms with Crippen molar-refractivity contribution < 1.29 is 9.47 Å². The van der Waals surface area contributed by atoms with E-state index in [1.807, 2.05) is 0 Å². The highest BCUT2D eigenvalue weighted by Crippen LogP contribution is 2.48. The molecule has 2 atom stereocenters. The minimum absolute atomic E-state index is 0. The van der Waals surface area contributed by atoms with Crippen molar-refractivity contribution in [1.82, 2.24) is 4.90 Å². The molecule has 20 heavy (non-hydrogen) atoms. The molecule has 112 valence electrons. The van der Waals surface area contributed by atoms with Crippen LogP contribution in [0.1, 0.15) is 29.0 Å². The number of halogens is 1. The Bertz CT molecular complexity index is 504. The van der Waals surface area contributed by atoms with Crippen molar-refractivity contribution in [3.8, 4) is 11.5 Å². The third kappa shape index (κ3) is 2.27. The molecule has 1 aliphatic carbocycles. The molecule has 3 rings (SSSR count).